The Morgan fingerprint density at radius 2 is 2.14 bits per heavy atom. The maximum atomic E-state index is 13.6. The van der Waals surface area contributed by atoms with Crippen LogP contribution in [0.15, 0.2) is 30.6 Å². The van der Waals surface area contributed by atoms with Gasteiger partial charge in [0.15, 0.2) is 18.0 Å². The molecule has 184 valence electrons. The molecule has 1 aliphatic heterocycles. The summed E-state index contributed by atoms with van der Waals surface area (Å²) in [6.07, 6.45) is 3.33. The van der Waals surface area contributed by atoms with Gasteiger partial charge < -0.3 is 10.6 Å². The van der Waals surface area contributed by atoms with E-state index < -0.39 is 11.7 Å². The molecule has 1 fully saturated rings. The van der Waals surface area contributed by atoms with Gasteiger partial charge in [-0.25, -0.2) is 18.3 Å². The highest BCUT2D eigenvalue weighted by atomic mass is 32.2. The number of halogens is 2. The van der Waals surface area contributed by atoms with E-state index in [0.29, 0.717) is 37.3 Å². The standard InChI is InChI=1S/C21H20F2N8OS.C2H6/c1-26-16-8-12(22)2-3-14(16)18(25)17-9-27-20-19(29-17)15(11-31(20)33-23)21(32)28-13-4-6-30(10-13)7-5-24;1-2/h2-3,8-9,11,13,25-26H,4,6-7,10H2,1H3,(H,28,32);1-2H3. The molecule has 1 amide bonds. The quantitative estimate of drug-likeness (QED) is 0.333. The van der Waals surface area contributed by atoms with Crippen LogP contribution in [0.5, 0.6) is 0 Å². The molecule has 3 N–H and O–H groups in total. The van der Waals surface area contributed by atoms with Crippen molar-refractivity contribution in [2.24, 2.45) is 0 Å². The van der Waals surface area contributed by atoms with Crippen molar-refractivity contribution in [1.29, 1.82) is 10.7 Å². The summed E-state index contributed by atoms with van der Waals surface area (Å²) in [7, 11) is 1.61. The number of benzene rings is 1. The lowest BCUT2D eigenvalue weighted by atomic mass is 10.1. The van der Waals surface area contributed by atoms with E-state index in [0.717, 1.165) is 3.97 Å². The lowest BCUT2D eigenvalue weighted by Gasteiger charge is -2.13. The van der Waals surface area contributed by atoms with Crippen molar-refractivity contribution in [3.8, 4) is 6.07 Å². The second kappa shape index (κ2) is 11.7. The number of fused-ring (bicyclic) bond motifs is 1. The smallest absolute Gasteiger partial charge is 0.255 e. The molecule has 1 aromatic carbocycles. The van der Waals surface area contributed by atoms with Crippen molar-refractivity contribution in [3.63, 3.8) is 0 Å². The van der Waals surface area contributed by atoms with Crippen LogP contribution in [0.25, 0.3) is 11.2 Å². The number of carbonyl (C=O) groups excluding carboxylic acids is 1. The number of nitriles is 1. The molecular weight excluding hydrogens is 474 g/mol. The van der Waals surface area contributed by atoms with Gasteiger partial charge in [-0.05, 0) is 24.6 Å². The minimum Gasteiger partial charge on any atom is -0.387 e. The van der Waals surface area contributed by atoms with Gasteiger partial charge in [0.25, 0.3) is 5.91 Å². The molecule has 1 atom stereocenters. The summed E-state index contributed by atoms with van der Waals surface area (Å²) in [5.74, 6) is -0.888. The highest BCUT2D eigenvalue weighted by molar-refractivity contribution is 7.92. The molecular formula is C23H26F2N8OS. The predicted octanol–water partition coefficient (Wildman–Crippen LogP) is 3.76. The third-order valence-electron chi connectivity index (χ3n) is 5.46. The lowest BCUT2D eigenvalue weighted by Crippen LogP contribution is -2.37. The average Bonchev–Trinajstić information content (AvgIpc) is 3.48. The van der Waals surface area contributed by atoms with E-state index in [1.807, 2.05) is 18.7 Å². The maximum absolute atomic E-state index is 13.6. The second-order valence-electron chi connectivity index (χ2n) is 7.53. The van der Waals surface area contributed by atoms with Gasteiger partial charge in [0.05, 0.1) is 30.1 Å². The van der Waals surface area contributed by atoms with Gasteiger partial charge >= 0.3 is 0 Å². The number of carbonyl (C=O) groups is 1. The van der Waals surface area contributed by atoms with Crippen molar-refractivity contribution >= 4 is 40.8 Å². The molecule has 12 heteroatoms. The minimum absolute atomic E-state index is 0.0244. The Kier molecular flexibility index (Phi) is 8.73. The van der Waals surface area contributed by atoms with Gasteiger partial charge in [-0.3, -0.25) is 15.1 Å². The first-order chi connectivity index (χ1) is 16.9. The molecule has 1 aliphatic rings. The van der Waals surface area contributed by atoms with Crippen LogP contribution in [0.2, 0.25) is 0 Å². The largest absolute Gasteiger partial charge is 0.387 e. The zero-order chi connectivity index (χ0) is 25.5. The molecule has 3 heterocycles. The summed E-state index contributed by atoms with van der Waals surface area (Å²) < 4.78 is 28.2. The van der Waals surface area contributed by atoms with Gasteiger partial charge in [0, 0.05) is 43.6 Å². The Morgan fingerprint density at radius 1 is 1.37 bits per heavy atom. The second-order valence-corrected chi connectivity index (χ2v) is 8.06. The summed E-state index contributed by atoms with van der Waals surface area (Å²) in [5, 5.41) is 23.2. The van der Waals surface area contributed by atoms with E-state index in [9.17, 15) is 13.1 Å². The van der Waals surface area contributed by atoms with Gasteiger partial charge in [-0.2, -0.15) is 5.26 Å². The number of anilines is 1. The third kappa shape index (κ3) is 5.58. The fourth-order valence-corrected chi connectivity index (χ4v) is 4.18. The molecule has 0 saturated carbocycles. The van der Waals surface area contributed by atoms with Gasteiger partial charge in [-0.15, -0.1) is 3.89 Å². The first kappa shape index (κ1) is 26.1. The molecule has 35 heavy (non-hydrogen) atoms. The third-order valence-corrected chi connectivity index (χ3v) is 5.89. The van der Waals surface area contributed by atoms with Crippen LogP contribution in [0.4, 0.5) is 14.0 Å². The Morgan fingerprint density at radius 3 is 2.83 bits per heavy atom. The summed E-state index contributed by atoms with van der Waals surface area (Å²) in [4.78, 5) is 23.6. The van der Waals surface area contributed by atoms with E-state index in [1.165, 1.54) is 30.6 Å². The van der Waals surface area contributed by atoms with E-state index in [2.05, 4.69) is 26.7 Å². The molecule has 4 rings (SSSR count). The Hall–Kier alpha value is -3.56. The molecule has 0 bridgehead atoms. The van der Waals surface area contributed by atoms with E-state index in [4.69, 9.17) is 10.7 Å². The summed E-state index contributed by atoms with van der Waals surface area (Å²) in [6, 6.07) is 5.91. The van der Waals surface area contributed by atoms with Crippen LogP contribution < -0.4 is 10.6 Å². The molecule has 2 aromatic heterocycles. The van der Waals surface area contributed by atoms with Crippen LogP contribution in [-0.2, 0) is 0 Å². The van der Waals surface area contributed by atoms with E-state index >= 15 is 0 Å². The van der Waals surface area contributed by atoms with Crippen LogP contribution >= 0.6 is 12.3 Å². The van der Waals surface area contributed by atoms with Crippen LogP contribution in [0, 0.1) is 22.6 Å². The number of aromatic nitrogens is 3. The Bertz CT molecular complexity index is 1270. The molecule has 0 aliphatic carbocycles. The predicted molar refractivity (Wildman–Crippen MR) is 133 cm³/mol. The number of amides is 1. The number of nitrogens with one attached hydrogen (secondary N) is 3. The van der Waals surface area contributed by atoms with Crippen LogP contribution in [0.3, 0.4) is 0 Å². The van der Waals surface area contributed by atoms with E-state index in [1.54, 1.807) is 7.05 Å². The first-order valence-corrected chi connectivity index (χ1v) is 11.8. The maximum Gasteiger partial charge on any atom is 0.255 e. The van der Waals surface area contributed by atoms with Crippen molar-refractivity contribution in [3.05, 3.63) is 53.2 Å². The fraction of sp³-hybridized carbons (Fsp3) is 0.348. The Labute approximate surface area is 206 Å². The molecule has 1 saturated heterocycles. The number of nitrogens with zero attached hydrogens (tertiary/aromatic N) is 5. The summed E-state index contributed by atoms with van der Waals surface area (Å²) in [6.45, 7) is 5.54. The topological polar surface area (TPSA) is 123 Å². The van der Waals surface area contributed by atoms with Crippen molar-refractivity contribution < 1.29 is 13.1 Å². The number of hydrogen-bond acceptors (Lipinski definition) is 8. The highest BCUT2D eigenvalue weighted by Gasteiger charge is 2.26. The Balaban J connectivity index is 0.00000167. The van der Waals surface area contributed by atoms with Crippen molar-refractivity contribution in [1.82, 2.24) is 24.2 Å². The highest BCUT2D eigenvalue weighted by Crippen LogP contribution is 2.25. The van der Waals surface area contributed by atoms with Gasteiger partial charge in [0.2, 0.25) is 0 Å². The van der Waals surface area contributed by atoms with Gasteiger partial charge in [-0.1, -0.05) is 13.8 Å². The molecule has 0 spiro atoms. The normalized spacial score (nSPS) is 15.3. The average molecular weight is 501 g/mol. The molecule has 1 unspecified atom stereocenters. The summed E-state index contributed by atoms with van der Waals surface area (Å²) in [5.41, 5.74) is 1.37. The van der Waals surface area contributed by atoms with Crippen LogP contribution in [0.1, 0.15) is 41.9 Å². The van der Waals surface area contributed by atoms with Crippen LogP contribution in [-0.4, -0.2) is 63.2 Å². The molecule has 0 radical (unpaired) electrons. The summed E-state index contributed by atoms with van der Waals surface area (Å²) >= 11 is -0.111. The zero-order valence-corrected chi connectivity index (χ0v) is 20.4. The van der Waals surface area contributed by atoms with Crippen molar-refractivity contribution in [2.75, 3.05) is 32.0 Å². The van der Waals surface area contributed by atoms with Gasteiger partial charge in [0.1, 0.15) is 17.0 Å². The van der Waals surface area contributed by atoms with E-state index in [-0.39, 0.29) is 46.5 Å². The zero-order valence-electron chi connectivity index (χ0n) is 19.6. The fourth-order valence-electron chi connectivity index (χ4n) is 3.84. The number of hydrogen-bond donors (Lipinski definition) is 3. The first-order valence-electron chi connectivity index (χ1n) is 11.1. The minimum atomic E-state index is -0.450. The molecule has 3 aromatic rings. The number of likely N-dealkylation sites (tertiary alicyclic amines) is 1. The number of rotatable bonds is 7. The molecule has 9 nitrogen and oxygen atoms in total. The van der Waals surface area contributed by atoms with Crippen molar-refractivity contribution in [2.45, 2.75) is 26.3 Å². The lowest BCUT2D eigenvalue weighted by molar-refractivity contribution is 0.0939. The SMILES string of the molecule is CC.CNc1cc(F)ccc1C(=N)c1cnc2c(n1)c(C(=O)NC1CCN(CC#N)C1)cn2SF. The monoisotopic (exact) mass is 500 g/mol.